The summed E-state index contributed by atoms with van der Waals surface area (Å²) in [5, 5.41) is 3.01. The van der Waals surface area contributed by atoms with Gasteiger partial charge in [-0.15, -0.1) is 0 Å². The molecule has 0 radical (unpaired) electrons. The van der Waals surface area contributed by atoms with Crippen LogP contribution in [-0.2, 0) is 6.54 Å². The Morgan fingerprint density at radius 3 is 2.43 bits per heavy atom. The van der Waals surface area contributed by atoms with Crippen molar-refractivity contribution in [1.29, 1.82) is 0 Å². The zero-order valence-electron chi connectivity index (χ0n) is 20.2. The van der Waals surface area contributed by atoms with Crippen LogP contribution in [0.4, 0.5) is 16.2 Å². The summed E-state index contributed by atoms with van der Waals surface area (Å²) in [5.74, 6) is 0.262. The number of hydrogen-bond donors (Lipinski definition) is 1. The SMILES string of the molecule is CCN1CCN(c2ccccc2C(=O)Nc2ccc(CN(C)C(=O)Oc3cccnc3)cc2)CC1. The second-order valence-electron chi connectivity index (χ2n) is 8.50. The van der Waals surface area contributed by atoms with Crippen molar-refractivity contribution in [3.63, 3.8) is 0 Å². The normalized spacial score (nSPS) is 13.8. The average Bonchev–Trinajstić information content (AvgIpc) is 2.90. The van der Waals surface area contributed by atoms with E-state index in [1.54, 1.807) is 25.4 Å². The Labute approximate surface area is 206 Å². The molecule has 0 aliphatic carbocycles. The molecule has 1 saturated heterocycles. The Morgan fingerprint density at radius 2 is 1.74 bits per heavy atom. The molecule has 2 aromatic carbocycles. The molecule has 3 aromatic rings. The van der Waals surface area contributed by atoms with Gasteiger partial charge in [0.05, 0.1) is 11.8 Å². The largest absolute Gasteiger partial charge is 0.415 e. The molecule has 35 heavy (non-hydrogen) atoms. The predicted molar refractivity (Wildman–Crippen MR) is 137 cm³/mol. The average molecular weight is 474 g/mol. The van der Waals surface area contributed by atoms with Crippen LogP contribution in [0.5, 0.6) is 5.75 Å². The van der Waals surface area contributed by atoms with Crippen LogP contribution >= 0.6 is 0 Å². The van der Waals surface area contributed by atoms with E-state index in [0.29, 0.717) is 23.5 Å². The number of amides is 2. The van der Waals surface area contributed by atoms with Crippen LogP contribution in [0.1, 0.15) is 22.8 Å². The summed E-state index contributed by atoms with van der Waals surface area (Å²) in [6, 6.07) is 18.6. The molecule has 2 amide bonds. The number of nitrogens with one attached hydrogen (secondary N) is 1. The van der Waals surface area contributed by atoms with Crippen LogP contribution < -0.4 is 15.0 Å². The number of carbonyl (C=O) groups excluding carboxylic acids is 2. The summed E-state index contributed by atoms with van der Waals surface area (Å²) in [4.78, 5) is 35.5. The standard InChI is InChI=1S/C27H31N5O3/c1-3-31-15-17-32(18-16-31)25-9-5-4-8-24(25)26(33)29-22-12-10-21(11-13-22)20-30(2)27(34)35-23-7-6-14-28-19-23/h4-14,19H,3,15-18,20H2,1-2H3,(H,29,33). The van der Waals surface area contributed by atoms with Crippen molar-refractivity contribution in [3.8, 4) is 5.75 Å². The van der Waals surface area contributed by atoms with E-state index >= 15 is 0 Å². The number of nitrogens with zero attached hydrogens (tertiary/aromatic N) is 4. The molecular formula is C27H31N5O3. The van der Waals surface area contributed by atoms with E-state index in [9.17, 15) is 9.59 Å². The van der Waals surface area contributed by atoms with Crippen molar-refractivity contribution >= 4 is 23.4 Å². The predicted octanol–water partition coefficient (Wildman–Crippen LogP) is 4.11. The Hall–Kier alpha value is -3.91. The lowest BCUT2D eigenvalue weighted by atomic mass is 10.1. The number of pyridine rings is 1. The first-order valence-corrected chi connectivity index (χ1v) is 11.8. The summed E-state index contributed by atoms with van der Waals surface area (Å²) in [5.41, 5.74) is 3.25. The lowest BCUT2D eigenvalue weighted by molar-refractivity contribution is 0.102. The minimum atomic E-state index is -0.466. The van der Waals surface area contributed by atoms with Gasteiger partial charge in [-0.25, -0.2) is 4.79 Å². The number of piperazine rings is 1. The van der Waals surface area contributed by atoms with Gasteiger partial charge in [0.15, 0.2) is 5.75 Å². The van der Waals surface area contributed by atoms with Crippen LogP contribution in [-0.4, -0.2) is 66.6 Å². The molecule has 1 fully saturated rings. The third kappa shape index (κ3) is 6.36. The van der Waals surface area contributed by atoms with Crippen molar-refractivity contribution < 1.29 is 14.3 Å². The topological polar surface area (TPSA) is 78.0 Å². The number of carbonyl (C=O) groups is 2. The molecule has 0 unspecified atom stereocenters. The molecule has 1 N–H and O–H groups in total. The first kappa shape index (κ1) is 24.2. The number of likely N-dealkylation sites (N-methyl/N-ethyl adjacent to an activating group) is 1. The lowest BCUT2D eigenvalue weighted by Gasteiger charge is -2.36. The molecule has 0 spiro atoms. The highest BCUT2D eigenvalue weighted by molar-refractivity contribution is 6.08. The van der Waals surface area contributed by atoms with Gasteiger partial charge in [-0.05, 0) is 48.5 Å². The molecule has 1 aliphatic rings. The Bertz CT molecular complexity index is 1130. The summed E-state index contributed by atoms with van der Waals surface area (Å²) in [6.07, 6.45) is 2.65. The maximum Gasteiger partial charge on any atom is 0.415 e. The molecule has 8 nitrogen and oxygen atoms in total. The van der Waals surface area contributed by atoms with Crippen LogP contribution in [0.2, 0.25) is 0 Å². The van der Waals surface area contributed by atoms with Crippen molar-refractivity contribution in [2.24, 2.45) is 0 Å². The number of rotatable bonds is 7. The van der Waals surface area contributed by atoms with Gasteiger partial charge < -0.3 is 24.8 Å². The van der Waals surface area contributed by atoms with E-state index in [2.05, 4.69) is 27.0 Å². The molecule has 0 saturated carbocycles. The molecule has 0 bridgehead atoms. The summed E-state index contributed by atoms with van der Waals surface area (Å²) < 4.78 is 5.31. The number of benzene rings is 2. The molecule has 182 valence electrons. The molecule has 2 heterocycles. The first-order valence-electron chi connectivity index (χ1n) is 11.8. The van der Waals surface area contributed by atoms with E-state index in [4.69, 9.17) is 4.74 Å². The molecule has 1 aromatic heterocycles. The maximum absolute atomic E-state index is 13.1. The van der Waals surface area contributed by atoms with Gasteiger partial charge in [-0.3, -0.25) is 9.78 Å². The third-order valence-corrected chi connectivity index (χ3v) is 6.09. The zero-order chi connectivity index (χ0) is 24.6. The summed E-state index contributed by atoms with van der Waals surface area (Å²) >= 11 is 0. The van der Waals surface area contributed by atoms with E-state index in [1.807, 2.05) is 48.5 Å². The van der Waals surface area contributed by atoms with Crippen LogP contribution in [0.3, 0.4) is 0 Å². The molecular weight excluding hydrogens is 442 g/mol. The fourth-order valence-corrected chi connectivity index (χ4v) is 4.06. The van der Waals surface area contributed by atoms with Crippen LogP contribution in [0, 0.1) is 0 Å². The van der Waals surface area contributed by atoms with Crippen molar-refractivity contribution in [2.75, 3.05) is 50.0 Å². The quantitative estimate of drug-likeness (QED) is 0.557. The minimum absolute atomic E-state index is 0.136. The van der Waals surface area contributed by atoms with Crippen molar-refractivity contribution in [2.45, 2.75) is 13.5 Å². The van der Waals surface area contributed by atoms with E-state index in [0.717, 1.165) is 44.0 Å². The lowest BCUT2D eigenvalue weighted by Crippen LogP contribution is -2.46. The van der Waals surface area contributed by atoms with Gasteiger partial charge >= 0.3 is 6.09 Å². The third-order valence-electron chi connectivity index (χ3n) is 6.09. The van der Waals surface area contributed by atoms with Crippen LogP contribution in [0.15, 0.2) is 73.1 Å². The number of para-hydroxylation sites is 1. The summed E-state index contributed by atoms with van der Waals surface area (Å²) in [7, 11) is 1.67. The molecule has 0 atom stereocenters. The summed E-state index contributed by atoms with van der Waals surface area (Å²) in [6.45, 7) is 7.41. The van der Waals surface area contributed by atoms with E-state index in [1.165, 1.54) is 11.1 Å². The fourth-order valence-electron chi connectivity index (χ4n) is 4.06. The van der Waals surface area contributed by atoms with Gasteiger partial charge in [-0.2, -0.15) is 0 Å². The number of anilines is 2. The minimum Gasteiger partial charge on any atom is -0.409 e. The second kappa shape index (κ2) is 11.5. The highest BCUT2D eigenvalue weighted by Gasteiger charge is 2.21. The Kier molecular flexibility index (Phi) is 7.95. The zero-order valence-corrected chi connectivity index (χ0v) is 20.2. The van der Waals surface area contributed by atoms with Gasteiger partial charge in [0, 0.05) is 57.3 Å². The molecule has 1 aliphatic heterocycles. The maximum atomic E-state index is 13.1. The van der Waals surface area contributed by atoms with Crippen molar-refractivity contribution in [1.82, 2.24) is 14.8 Å². The smallest absolute Gasteiger partial charge is 0.409 e. The monoisotopic (exact) mass is 473 g/mol. The second-order valence-corrected chi connectivity index (χ2v) is 8.50. The van der Waals surface area contributed by atoms with Gasteiger partial charge in [0.25, 0.3) is 5.91 Å². The van der Waals surface area contributed by atoms with E-state index < -0.39 is 6.09 Å². The van der Waals surface area contributed by atoms with Crippen LogP contribution in [0.25, 0.3) is 0 Å². The van der Waals surface area contributed by atoms with Gasteiger partial charge in [0.2, 0.25) is 0 Å². The van der Waals surface area contributed by atoms with Gasteiger partial charge in [0.1, 0.15) is 0 Å². The highest BCUT2D eigenvalue weighted by atomic mass is 16.6. The first-order chi connectivity index (χ1) is 17.0. The number of aromatic nitrogens is 1. The number of ether oxygens (including phenoxy) is 1. The van der Waals surface area contributed by atoms with Gasteiger partial charge in [-0.1, -0.05) is 31.2 Å². The van der Waals surface area contributed by atoms with Crippen molar-refractivity contribution in [3.05, 3.63) is 84.2 Å². The fraction of sp³-hybridized carbons (Fsp3) is 0.296. The molecule has 4 rings (SSSR count). The number of hydrogen-bond acceptors (Lipinski definition) is 6. The Morgan fingerprint density at radius 1 is 1.00 bits per heavy atom. The Balaban J connectivity index is 1.35. The molecule has 8 heteroatoms. The highest BCUT2D eigenvalue weighted by Crippen LogP contribution is 2.23. The van der Waals surface area contributed by atoms with E-state index in [-0.39, 0.29) is 5.91 Å².